The van der Waals surface area contributed by atoms with Gasteiger partial charge in [0.2, 0.25) is 0 Å². The van der Waals surface area contributed by atoms with E-state index in [1.54, 1.807) is 0 Å². The van der Waals surface area contributed by atoms with Crippen LogP contribution in [0, 0.1) is 5.92 Å². The third kappa shape index (κ3) is 2.83. The van der Waals surface area contributed by atoms with Crippen LogP contribution in [-0.2, 0) is 0 Å². The van der Waals surface area contributed by atoms with Crippen molar-refractivity contribution in [3.05, 3.63) is 0 Å². The SMILES string of the molecule is NCC(CF)CCl. The Morgan fingerprint density at radius 2 is 2.29 bits per heavy atom. The topological polar surface area (TPSA) is 26.0 Å². The molecule has 0 saturated heterocycles. The van der Waals surface area contributed by atoms with E-state index in [-0.39, 0.29) is 5.92 Å². The lowest BCUT2D eigenvalue weighted by Crippen LogP contribution is -2.17. The van der Waals surface area contributed by atoms with Gasteiger partial charge in [0.15, 0.2) is 0 Å². The van der Waals surface area contributed by atoms with E-state index in [2.05, 4.69) is 0 Å². The van der Waals surface area contributed by atoms with Gasteiger partial charge in [-0.3, -0.25) is 4.39 Å². The zero-order chi connectivity index (χ0) is 5.70. The number of halogens is 2. The molecule has 0 fully saturated rings. The van der Waals surface area contributed by atoms with Gasteiger partial charge in [0.1, 0.15) is 0 Å². The van der Waals surface area contributed by atoms with Crippen LogP contribution in [0.3, 0.4) is 0 Å². The van der Waals surface area contributed by atoms with Crippen molar-refractivity contribution < 1.29 is 4.39 Å². The summed E-state index contributed by atoms with van der Waals surface area (Å²) in [7, 11) is 0. The Kier molecular flexibility index (Phi) is 4.45. The second-order valence-corrected chi connectivity index (χ2v) is 1.72. The summed E-state index contributed by atoms with van der Waals surface area (Å²) in [5.74, 6) is 0.189. The minimum Gasteiger partial charge on any atom is -0.330 e. The largest absolute Gasteiger partial charge is 0.330 e. The Labute approximate surface area is 47.6 Å². The van der Waals surface area contributed by atoms with Crippen LogP contribution in [0.4, 0.5) is 4.39 Å². The van der Waals surface area contributed by atoms with E-state index >= 15 is 0 Å². The fourth-order valence-electron chi connectivity index (χ4n) is 0.167. The number of nitrogens with two attached hydrogens (primary N) is 1. The third-order valence-electron chi connectivity index (χ3n) is 0.770. The van der Waals surface area contributed by atoms with E-state index in [1.807, 2.05) is 0 Å². The predicted molar refractivity (Wildman–Crippen MR) is 29.2 cm³/mol. The highest BCUT2D eigenvalue weighted by molar-refractivity contribution is 6.18. The fourth-order valence-corrected chi connectivity index (χ4v) is 0.376. The first kappa shape index (κ1) is 7.18. The Morgan fingerprint density at radius 3 is 2.29 bits per heavy atom. The molecule has 0 aliphatic heterocycles. The van der Waals surface area contributed by atoms with Crippen LogP contribution in [0.1, 0.15) is 0 Å². The smallest absolute Gasteiger partial charge is 0.0946 e. The molecule has 0 rings (SSSR count). The van der Waals surface area contributed by atoms with Crippen LogP contribution in [0.2, 0.25) is 0 Å². The number of hydrogen-bond acceptors (Lipinski definition) is 1. The molecular weight excluding hydrogens is 117 g/mol. The van der Waals surface area contributed by atoms with Crippen molar-refractivity contribution in [2.45, 2.75) is 0 Å². The highest BCUT2D eigenvalue weighted by atomic mass is 35.5. The molecular formula is C4H9ClFN. The first-order chi connectivity index (χ1) is 3.35. The van der Waals surface area contributed by atoms with Gasteiger partial charge in [-0.25, -0.2) is 0 Å². The average molecular weight is 126 g/mol. The molecule has 0 spiro atoms. The molecule has 1 nitrogen and oxygen atoms in total. The van der Waals surface area contributed by atoms with Gasteiger partial charge in [0.05, 0.1) is 6.67 Å². The van der Waals surface area contributed by atoms with Gasteiger partial charge in [0.25, 0.3) is 0 Å². The van der Waals surface area contributed by atoms with Crippen molar-refractivity contribution in [1.82, 2.24) is 0 Å². The van der Waals surface area contributed by atoms with E-state index in [0.717, 1.165) is 0 Å². The van der Waals surface area contributed by atoms with Crippen molar-refractivity contribution in [2.75, 3.05) is 19.1 Å². The quantitative estimate of drug-likeness (QED) is 0.554. The predicted octanol–water partition coefficient (Wildman–Crippen LogP) is 0.770. The standard InChI is InChI=1S/C4H9ClFN/c5-1-4(2-6)3-7/h4H,1-3,7H2. The van der Waals surface area contributed by atoms with E-state index in [1.165, 1.54) is 0 Å². The lowest BCUT2D eigenvalue weighted by atomic mass is 10.2. The van der Waals surface area contributed by atoms with Crippen LogP contribution in [0.15, 0.2) is 0 Å². The summed E-state index contributed by atoms with van der Waals surface area (Å²) in [4.78, 5) is 0. The summed E-state index contributed by atoms with van der Waals surface area (Å²) >= 11 is 5.25. The molecule has 0 heterocycles. The van der Waals surface area contributed by atoms with Crippen LogP contribution < -0.4 is 5.73 Å². The van der Waals surface area contributed by atoms with Crippen molar-refractivity contribution >= 4 is 11.6 Å². The summed E-state index contributed by atoms with van der Waals surface area (Å²) in [6.45, 7) is -0.0556. The van der Waals surface area contributed by atoms with E-state index < -0.39 is 6.67 Å². The molecule has 0 aromatic carbocycles. The molecule has 0 bridgehead atoms. The second-order valence-electron chi connectivity index (χ2n) is 1.41. The van der Waals surface area contributed by atoms with Gasteiger partial charge < -0.3 is 5.73 Å². The first-order valence-corrected chi connectivity index (χ1v) is 2.70. The minimum absolute atomic E-state index is 0.137. The Bertz CT molecular complexity index is 33.2. The number of rotatable bonds is 3. The summed E-state index contributed by atoms with van der Waals surface area (Å²) < 4.78 is 11.5. The molecule has 0 aliphatic rings. The van der Waals surface area contributed by atoms with Gasteiger partial charge in [-0.05, 0) is 6.54 Å². The van der Waals surface area contributed by atoms with E-state index in [4.69, 9.17) is 17.3 Å². The molecule has 0 aromatic heterocycles. The highest BCUT2D eigenvalue weighted by Crippen LogP contribution is 1.95. The number of alkyl halides is 2. The molecule has 0 radical (unpaired) electrons. The van der Waals surface area contributed by atoms with Crippen molar-refractivity contribution in [3.63, 3.8) is 0 Å². The van der Waals surface area contributed by atoms with Gasteiger partial charge >= 0.3 is 0 Å². The van der Waals surface area contributed by atoms with Crippen molar-refractivity contribution in [3.8, 4) is 0 Å². The summed E-state index contributed by atoms with van der Waals surface area (Å²) in [5, 5.41) is 0. The monoisotopic (exact) mass is 125 g/mol. The van der Waals surface area contributed by atoms with Gasteiger partial charge in [-0.1, -0.05) is 0 Å². The highest BCUT2D eigenvalue weighted by Gasteiger charge is 2.00. The molecule has 0 aromatic rings. The van der Waals surface area contributed by atoms with E-state index in [9.17, 15) is 4.39 Å². The maximum atomic E-state index is 11.5. The maximum Gasteiger partial charge on any atom is 0.0946 e. The van der Waals surface area contributed by atoms with Crippen molar-refractivity contribution in [1.29, 1.82) is 0 Å². The van der Waals surface area contributed by atoms with Crippen LogP contribution >= 0.6 is 11.6 Å². The average Bonchev–Trinajstić information content (AvgIpc) is 1.72. The normalized spacial score (nSPS) is 14.1. The molecule has 1 atom stereocenters. The molecule has 3 heteroatoms. The zero-order valence-electron chi connectivity index (χ0n) is 4.03. The fraction of sp³-hybridized carbons (Fsp3) is 1.00. The van der Waals surface area contributed by atoms with Crippen LogP contribution in [0.5, 0.6) is 0 Å². The molecule has 44 valence electrons. The van der Waals surface area contributed by atoms with Crippen LogP contribution in [0.25, 0.3) is 0 Å². The summed E-state index contributed by atoms with van der Waals surface area (Å²) in [5.41, 5.74) is 5.07. The first-order valence-electron chi connectivity index (χ1n) is 2.17. The number of hydrogen-bond donors (Lipinski definition) is 1. The Balaban J connectivity index is 2.99. The lowest BCUT2D eigenvalue weighted by Gasteiger charge is -2.01. The van der Waals surface area contributed by atoms with Gasteiger partial charge in [-0.2, -0.15) is 0 Å². The molecule has 1 unspecified atom stereocenters. The van der Waals surface area contributed by atoms with Gasteiger partial charge in [-0.15, -0.1) is 11.6 Å². The van der Waals surface area contributed by atoms with E-state index in [0.29, 0.717) is 12.4 Å². The maximum absolute atomic E-state index is 11.5. The van der Waals surface area contributed by atoms with Gasteiger partial charge in [0, 0.05) is 11.8 Å². The lowest BCUT2D eigenvalue weighted by molar-refractivity contribution is 0.392. The van der Waals surface area contributed by atoms with Crippen molar-refractivity contribution in [2.24, 2.45) is 11.7 Å². The Hall–Kier alpha value is 0.180. The Morgan fingerprint density at radius 1 is 1.71 bits per heavy atom. The molecule has 7 heavy (non-hydrogen) atoms. The van der Waals surface area contributed by atoms with Crippen LogP contribution in [-0.4, -0.2) is 19.1 Å². The summed E-state index contributed by atoms with van der Waals surface area (Å²) in [6, 6.07) is 0. The molecule has 0 amide bonds. The minimum atomic E-state index is -0.403. The second kappa shape index (κ2) is 4.34. The summed E-state index contributed by atoms with van der Waals surface area (Å²) in [6.07, 6.45) is 0. The zero-order valence-corrected chi connectivity index (χ0v) is 4.79. The third-order valence-corrected chi connectivity index (χ3v) is 1.21. The molecule has 0 saturated carbocycles. The molecule has 0 aliphatic carbocycles. The molecule has 2 N–H and O–H groups in total.